The maximum absolute atomic E-state index is 11.5. The van der Waals surface area contributed by atoms with Crippen molar-refractivity contribution in [3.8, 4) is 5.75 Å². The third kappa shape index (κ3) is 6.36. The molecule has 3 aromatic carbocycles. The molecule has 1 fully saturated rings. The second-order valence-electron chi connectivity index (χ2n) is 13.4. The number of hydrogen-bond donors (Lipinski definition) is 1. The summed E-state index contributed by atoms with van der Waals surface area (Å²) in [5, 5.41) is 11.5. The number of hydrogen-bond acceptors (Lipinski definition) is 5. The SMILES string of the molecule is Cc1ccc(C(c2cc(C(C)(C)C)c(O)c(C(C)(C)C)c2)c2nc(Cc3ccccc3)c(N3CCOCC3)o2)cc1. The highest BCUT2D eigenvalue weighted by Gasteiger charge is 2.32. The van der Waals surface area contributed by atoms with E-state index in [1.165, 1.54) is 11.1 Å². The number of oxazole rings is 1. The van der Waals surface area contributed by atoms with Gasteiger partial charge in [-0.1, -0.05) is 114 Å². The number of nitrogens with zero attached hydrogens (tertiary/aromatic N) is 2. The molecule has 216 valence electrons. The summed E-state index contributed by atoms with van der Waals surface area (Å²) < 4.78 is 12.5. The molecule has 5 nitrogen and oxygen atoms in total. The van der Waals surface area contributed by atoms with E-state index in [0.29, 0.717) is 31.3 Å². The van der Waals surface area contributed by atoms with Crippen LogP contribution in [-0.4, -0.2) is 36.4 Å². The fourth-order valence-electron chi connectivity index (χ4n) is 5.61. The monoisotopic (exact) mass is 552 g/mol. The molecule has 1 saturated heterocycles. The molecule has 5 heteroatoms. The Morgan fingerprint density at radius 2 is 1.41 bits per heavy atom. The molecule has 4 aromatic rings. The molecule has 1 aliphatic rings. The number of ether oxygens (including phenoxy) is 1. The topological polar surface area (TPSA) is 58.7 Å². The van der Waals surface area contributed by atoms with E-state index in [1.807, 2.05) is 6.07 Å². The summed E-state index contributed by atoms with van der Waals surface area (Å²) in [6, 6.07) is 23.4. The third-order valence-corrected chi connectivity index (χ3v) is 7.95. The van der Waals surface area contributed by atoms with Gasteiger partial charge in [0.05, 0.1) is 19.1 Å². The molecular formula is C36H44N2O3. The summed E-state index contributed by atoms with van der Waals surface area (Å²) in [4.78, 5) is 7.52. The number of anilines is 1. The van der Waals surface area contributed by atoms with Crippen LogP contribution in [0.15, 0.2) is 71.1 Å². The molecule has 5 rings (SSSR count). The van der Waals surface area contributed by atoms with E-state index in [0.717, 1.165) is 46.9 Å². The fraction of sp³-hybridized carbons (Fsp3) is 0.417. The van der Waals surface area contributed by atoms with Crippen molar-refractivity contribution in [1.82, 2.24) is 4.98 Å². The van der Waals surface area contributed by atoms with E-state index in [9.17, 15) is 5.11 Å². The van der Waals surface area contributed by atoms with Crippen LogP contribution in [0.3, 0.4) is 0 Å². The highest BCUT2D eigenvalue weighted by Crippen LogP contribution is 2.44. The Balaban J connectivity index is 1.72. The first kappa shape index (κ1) is 28.9. The van der Waals surface area contributed by atoms with Crippen LogP contribution in [-0.2, 0) is 22.0 Å². The van der Waals surface area contributed by atoms with E-state index in [-0.39, 0.29) is 16.7 Å². The van der Waals surface area contributed by atoms with Crippen molar-refractivity contribution < 1.29 is 14.3 Å². The van der Waals surface area contributed by atoms with Crippen LogP contribution in [0.2, 0.25) is 0 Å². The molecule has 0 aliphatic carbocycles. The molecule has 0 amide bonds. The Labute approximate surface area is 245 Å². The number of rotatable bonds is 6. The van der Waals surface area contributed by atoms with Crippen LogP contribution >= 0.6 is 0 Å². The normalized spacial score (nSPS) is 15.2. The van der Waals surface area contributed by atoms with Crippen molar-refractivity contribution in [1.29, 1.82) is 0 Å². The molecule has 1 unspecified atom stereocenters. The molecular weight excluding hydrogens is 508 g/mol. The first-order chi connectivity index (χ1) is 19.4. The molecule has 2 heterocycles. The van der Waals surface area contributed by atoms with Crippen molar-refractivity contribution in [3.05, 3.63) is 112 Å². The predicted octanol–water partition coefficient (Wildman–Crippen LogP) is 7.89. The summed E-state index contributed by atoms with van der Waals surface area (Å²) in [6.07, 6.45) is 0.688. The largest absolute Gasteiger partial charge is 0.507 e. The maximum Gasteiger partial charge on any atom is 0.220 e. The Morgan fingerprint density at radius 1 is 0.829 bits per heavy atom. The first-order valence-corrected chi connectivity index (χ1v) is 14.7. The highest BCUT2D eigenvalue weighted by molar-refractivity contribution is 5.54. The zero-order chi connectivity index (χ0) is 29.4. The second kappa shape index (κ2) is 11.4. The van der Waals surface area contributed by atoms with Crippen LogP contribution in [0.4, 0.5) is 5.88 Å². The van der Waals surface area contributed by atoms with E-state index in [2.05, 4.69) is 114 Å². The molecule has 1 aliphatic heterocycles. The summed E-state index contributed by atoms with van der Waals surface area (Å²) in [5.74, 6) is 1.65. The van der Waals surface area contributed by atoms with Crippen LogP contribution in [0.5, 0.6) is 5.75 Å². The van der Waals surface area contributed by atoms with Gasteiger partial charge in [-0.05, 0) is 45.6 Å². The summed E-state index contributed by atoms with van der Waals surface area (Å²) >= 11 is 0. The van der Waals surface area contributed by atoms with Crippen molar-refractivity contribution in [2.45, 2.75) is 71.6 Å². The average molecular weight is 553 g/mol. The summed E-state index contributed by atoms with van der Waals surface area (Å²) in [7, 11) is 0. The number of phenols is 1. The van der Waals surface area contributed by atoms with Gasteiger partial charge in [0.1, 0.15) is 11.4 Å². The number of phenolic OH excluding ortho intramolecular Hbond substituents is 1. The van der Waals surface area contributed by atoms with Gasteiger partial charge in [0, 0.05) is 19.5 Å². The van der Waals surface area contributed by atoms with Gasteiger partial charge >= 0.3 is 0 Å². The van der Waals surface area contributed by atoms with E-state index in [4.69, 9.17) is 14.1 Å². The zero-order valence-corrected chi connectivity index (χ0v) is 25.6. The van der Waals surface area contributed by atoms with Gasteiger partial charge in [0.2, 0.25) is 11.8 Å². The van der Waals surface area contributed by atoms with Gasteiger partial charge in [-0.3, -0.25) is 0 Å². The van der Waals surface area contributed by atoms with Crippen LogP contribution < -0.4 is 4.90 Å². The van der Waals surface area contributed by atoms with Gasteiger partial charge in [-0.25, -0.2) is 4.98 Å². The molecule has 0 bridgehead atoms. The number of aryl methyl sites for hydroxylation is 1. The molecule has 1 atom stereocenters. The van der Waals surface area contributed by atoms with Gasteiger partial charge in [-0.15, -0.1) is 0 Å². The minimum Gasteiger partial charge on any atom is -0.507 e. The lowest BCUT2D eigenvalue weighted by molar-refractivity contribution is 0.120. The molecule has 41 heavy (non-hydrogen) atoms. The average Bonchev–Trinajstić information content (AvgIpc) is 3.33. The smallest absolute Gasteiger partial charge is 0.220 e. The number of aromatic nitrogens is 1. The predicted molar refractivity (Wildman–Crippen MR) is 166 cm³/mol. The van der Waals surface area contributed by atoms with Gasteiger partial charge in [0.25, 0.3) is 0 Å². The maximum atomic E-state index is 11.5. The Kier molecular flexibility index (Phi) is 8.02. The Bertz CT molecular complexity index is 1430. The molecule has 0 saturated carbocycles. The van der Waals surface area contributed by atoms with Crippen LogP contribution in [0.1, 0.15) is 92.4 Å². The van der Waals surface area contributed by atoms with Crippen molar-refractivity contribution in [2.24, 2.45) is 0 Å². The standard InChI is InChI=1S/C36H44N2O3/c1-24-13-15-26(16-14-24)31(27-22-28(35(2,3)4)32(39)29(23-27)36(5,6)7)33-37-30(21-25-11-9-8-10-12-25)34(41-33)38-17-19-40-20-18-38/h8-16,22-23,31,39H,17-21H2,1-7H3. The number of aromatic hydroxyl groups is 1. The van der Waals surface area contributed by atoms with Crippen molar-refractivity contribution >= 4 is 5.88 Å². The highest BCUT2D eigenvalue weighted by atomic mass is 16.5. The quantitative estimate of drug-likeness (QED) is 0.264. The third-order valence-electron chi connectivity index (χ3n) is 7.95. The first-order valence-electron chi connectivity index (χ1n) is 14.7. The number of morpholine rings is 1. The van der Waals surface area contributed by atoms with Gasteiger partial charge in [-0.2, -0.15) is 0 Å². The van der Waals surface area contributed by atoms with Crippen molar-refractivity contribution in [3.63, 3.8) is 0 Å². The minimum atomic E-state index is -0.244. The molecule has 1 N–H and O–H groups in total. The Morgan fingerprint density at radius 3 is 1.98 bits per heavy atom. The van der Waals surface area contributed by atoms with Crippen molar-refractivity contribution in [2.75, 3.05) is 31.2 Å². The van der Waals surface area contributed by atoms with Crippen LogP contribution in [0, 0.1) is 6.92 Å². The molecule has 1 aromatic heterocycles. The van der Waals surface area contributed by atoms with E-state index in [1.54, 1.807) is 0 Å². The second-order valence-corrected chi connectivity index (χ2v) is 13.4. The van der Waals surface area contributed by atoms with E-state index >= 15 is 0 Å². The lowest BCUT2D eigenvalue weighted by Gasteiger charge is -2.29. The lowest BCUT2D eigenvalue weighted by Crippen LogP contribution is -2.36. The zero-order valence-electron chi connectivity index (χ0n) is 25.6. The lowest BCUT2D eigenvalue weighted by atomic mass is 9.76. The fourth-order valence-corrected chi connectivity index (χ4v) is 5.61. The van der Waals surface area contributed by atoms with Gasteiger partial charge in [0.15, 0.2) is 0 Å². The Hall–Kier alpha value is -3.57. The van der Waals surface area contributed by atoms with Gasteiger partial charge < -0.3 is 19.2 Å². The summed E-state index contributed by atoms with van der Waals surface area (Å²) in [6.45, 7) is 17.9. The van der Waals surface area contributed by atoms with Crippen LogP contribution in [0.25, 0.3) is 0 Å². The summed E-state index contributed by atoms with van der Waals surface area (Å²) in [5.41, 5.74) is 6.90. The molecule has 0 spiro atoms. The van der Waals surface area contributed by atoms with E-state index < -0.39 is 0 Å². The number of benzene rings is 3. The minimum absolute atomic E-state index is 0.234. The molecule has 0 radical (unpaired) electrons.